The zero-order valence-electron chi connectivity index (χ0n) is 15.4. The van der Waals surface area contributed by atoms with Crippen LogP contribution in [0.4, 0.5) is 11.4 Å². The molecule has 140 valence electrons. The fourth-order valence-corrected chi connectivity index (χ4v) is 4.11. The Balaban J connectivity index is 1.50. The van der Waals surface area contributed by atoms with Crippen LogP contribution in [0.15, 0.2) is 60.7 Å². The zero-order chi connectivity index (χ0) is 18.6. The first-order valence-electron chi connectivity index (χ1n) is 9.72. The first kappa shape index (κ1) is 17.6. The third-order valence-corrected chi connectivity index (χ3v) is 5.55. The highest BCUT2D eigenvalue weighted by Crippen LogP contribution is 2.30. The van der Waals surface area contributed by atoms with Crippen LogP contribution >= 0.6 is 0 Å². The molecule has 0 radical (unpaired) electrons. The number of nitrogens with zero attached hydrogens (tertiary/aromatic N) is 2. The van der Waals surface area contributed by atoms with E-state index >= 15 is 0 Å². The summed E-state index contributed by atoms with van der Waals surface area (Å²) < 4.78 is 0. The molecule has 5 heteroatoms. The number of para-hydroxylation sites is 2. The molecule has 2 aromatic rings. The molecule has 0 aromatic heterocycles. The number of hydrogen-bond acceptors (Lipinski definition) is 3. The van der Waals surface area contributed by atoms with Gasteiger partial charge in [0.1, 0.15) is 0 Å². The lowest BCUT2D eigenvalue weighted by atomic mass is 10.1. The van der Waals surface area contributed by atoms with Crippen molar-refractivity contribution in [1.82, 2.24) is 10.3 Å². The summed E-state index contributed by atoms with van der Waals surface area (Å²) in [5.74, 6) is -0.280. The summed E-state index contributed by atoms with van der Waals surface area (Å²) in [4.78, 5) is 27.3. The Morgan fingerprint density at radius 3 is 2.04 bits per heavy atom. The molecule has 2 aromatic carbocycles. The predicted molar refractivity (Wildman–Crippen MR) is 105 cm³/mol. The van der Waals surface area contributed by atoms with Crippen LogP contribution in [-0.2, 0) is 9.59 Å². The van der Waals surface area contributed by atoms with E-state index in [9.17, 15) is 9.59 Å². The molecule has 2 aliphatic rings. The summed E-state index contributed by atoms with van der Waals surface area (Å²) in [6.45, 7) is 0.534. The van der Waals surface area contributed by atoms with Gasteiger partial charge < -0.3 is 4.90 Å². The van der Waals surface area contributed by atoms with Crippen LogP contribution in [0.1, 0.15) is 32.1 Å². The predicted octanol–water partition coefficient (Wildman–Crippen LogP) is 3.65. The molecule has 0 bridgehead atoms. The van der Waals surface area contributed by atoms with Gasteiger partial charge in [0, 0.05) is 19.0 Å². The van der Waals surface area contributed by atoms with Crippen LogP contribution < -0.4 is 10.4 Å². The minimum atomic E-state index is -0.298. The molecule has 1 N–H and O–H groups in total. The van der Waals surface area contributed by atoms with Crippen LogP contribution in [0.3, 0.4) is 0 Å². The van der Waals surface area contributed by atoms with Gasteiger partial charge in [-0.3, -0.25) is 20.0 Å². The van der Waals surface area contributed by atoms with Gasteiger partial charge in [-0.15, -0.1) is 0 Å². The number of hydrazine groups is 1. The van der Waals surface area contributed by atoms with E-state index in [1.165, 1.54) is 12.8 Å². The molecule has 0 spiro atoms. The molecule has 1 saturated carbocycles. The van der Waals surface area contributed by atoms with E-state index in [0.29, 0.717) is 19.0 Å². The number of nitrogens with one attached hydrogen (secondary N) is 1. The van der Waals surface area contributed by atoms with Gasteiger partial charge in [0.05, 0.1) is 17.3 Å². The third-order valence-electron chi connectivity index (χ3n) is 5.55. The van der Waals surface area contributed by atoms with E-state index in [-0.39, 0.29) is 17.7 Å². The molecule has 1 atom stereocenters. The van der Waals surface area contributed by atoms with Gasteiger partial charge in [0.15, 0.2) is 0 Å². The highest BCUT2D eigenvalue weighted by molar-refractivity contribution is 5.90. The first-order valence-corrected chi connectivity index (χ1v) is 9.72. The maximum absolute atomic E-state index is 13.0. The normalized spacial score (nSPS) is 20.1. The highest BCUT2D eigenvalue weighted by atomic mass is 16.2. The minimum Gasteiger partial charge on any atom is -0.339 e. The zero-order valence-corrected chi connectivity index (χ0v) is 15.4. The molecule has 1 aliphatic heterocycles. The van der Waals surface area contributed by atoms with Gasteiger partial charge >= 0.3 is 0 Å². The van der Waals surface area contributed by atoms with E-state index < -0.39 is 0 Å². The number of likely N-dealkylation sites (tertiary alicyclic amines) is 1. The van der Waals surface area contributed by atoms with Crippen molar-refractivity contribution in [3.63, 3.8) is 0 Å². The number of rotatable bonds is 5. The smallest absolute Gasteiger partial charge is 0.244 e. The van der Waals surface area contributed by atoms with Crippen molar-refractivity contribution in [2.24, 2.45) is 5.92 Å². The molecular weight excluding hydrogens is 338 g/mol. The molecule has 4 rings (SSSR count). The van der Waals surface area contributed by atoms with Crippen molar-refractivity contribution in [2.75, 3.05) is 11.6 Å². The summed E-state index contributed by atoms with van der Waals surface area (Å²) >= 11 is 0. The average molecular weight is 363 g/mol. The summed E-state index contributed by atoms with van der Waals surface area (Å²) in [5, 5.41) is 1.80. The van der Waals surface area contributed by atoms with E-state index in [0.717, 1.165) is 24.2 Å². The van der Waals surface area contributed by atoms with Crippen LogP contribution in [0.2, 0.25) is 0 Å². The molecule has 1 heterocycles. The van der Waals surface area contributed by atoms with E-state index in [1.54, 1.807) is 5.01 Å². The Morgan fingerprint density at radius 2 is 1.48 bits per heavy atom. The van der Waals surface area contributed by atoms with Gasteiger partial charge in [-0.2, -0.15) is 0 Å². The molecular formula is C22H25N3O2. The second kappa shape index (κ2) is 7.82. The van der Waals surface area contributed by atoms with Crippen LogP contribution in [0, 0.1) is 5.92 Å². The fourth-order valence-electron chi connectivity index (χ4n) is 4.11. The molecule has 2 amide bonds. The van der Waals surface area contributed by atoms with Crippen molar-refractivity contribution in [3.8, 4) is 0 Å². The highest BCUT2D eigenvalue weighted by Gasteiger charge is 2.39. The van der Waals surface area contributed by atoms with Crippen molar-refractivity contribution in [1.29, 1.82) is 0 Å². The van der Waals surface area contributed by atoms with E-state index in [1.807, 2.05) is 65.6 Å². The molecule has 0 unspecified atom stereocenters. The Hall–Kier alpha value is -2.82. The number of amides is 2. The fraction of sp³-hybridized carbons (Fsp3) is 0.364. The summed E-state index contributed by atoms with van der Waals surface area (Å²) in [7, 11) is 0. The Kier molecular flexibility index (Phi) is 5.10. The van der Waals surface area contributed by atoms with Gasteiger partial charge in [-0.25, -0.2) is 0 Å². The Labute approximate surface area is 159 Å². The third kappa shape index (κ3) is 3.82. The van der Waals surface area contributed by atoms with Gasteiger partial charge in [-0.05, 0) is 37.1 Å². The summed E-state index contributed by atoms with van der Waals surface area (Å²) in [6.07, 6.45) is 4.81. The number of benzene rings is 2. The number of hydrogen-bond donors (Lipinski definition) is 1. The molecule has 1 aliphatic carbocycles. The van der Waals surface area contributed by atoms with Gasteiger partial charge in [0.25, 0.3) is 0 Å². The van der Waals surface area contributed by atoms with Crippen LogP contribution in [-0.4, -0.2) is 29.3 Å². The largest absolute Gasteiger partial charge is 0.339 e. The second-order valence-electron chi connectivity index (χ2n) is 7.37. The number of anilines is 2. The maximum Gasteiger partial charge on any atom is 0.244 e. The minimum absolute atomic E-state index is 0.100. The van der Waals surface area contributed by atoms with Crippen molar-refractivity contribution in [2.45, 2.75) is 38.1 Å². The monoisotopic (exact) mass is 363 g/mol. The molecule has 27 heavy (non-hydrogen) atoms. The Bertz CT molecular complexity index is 748. The lowest BCUT2D eigenvalue weighted by Gasteiger charge is -2.27. The lowest BCUT2D eigenvalue weighted by Crippen LogP contribution is -2.43. The van der Waals surface area contributed by atoms with Crippen LogP contribution in [0.5, 0.6) is 0 Å². The second-order valence-corrected chi connectivity index (χ2v) is 7.37. The molecule has 1 saturated heterocycles. The van der Waals surface area contributed by atoms with E-state index in [2.05, 4.69) is 5.43 Å². The number of carbonyl (C=O) groups is 2. The molecule has 2 fully saturated rings. The van der Waals surface area contributed by atoms with Crippen molar-refractivity contribution >= 4 is 23.2 Å². The summed E-state index contributed by atoms with van der Waals surface area (Å²) in [6, 6.07) is 19.8. The SMILES string of the molecule is O=C(NN(c1ccccc1)c1ccccc1)[C@@H]1CC(=O)N(C2CCCC2)C1. The molecule has 5 nitrogen and oxygen atoms in total. The standard InChI is InChI=1S/C22H25N3O2/c26-21-15-17(16-24(21)18-9-7-8-10-18)22(27)23-25(19-11-3-1-4-12-19)20-13-5-2-6-14-20/h1-6,11-14,17-18H,7-10,15-16H2,(H,23,27)/t17-/m1/s1. The maximum atomic E-state index is 13.0. The first-order chi connectivity index (χ1) is 13.2. The van der Waals surface area contributed by atoms with Gasteiger partial charge in [-0.1, -0.05) is 49.2 Å². The topological polar surface area (TPSA) is 52.7 Å². The van der Waals surface area contributed by atoms with Crippen molar-refractivity contribution in [3.05, 3.63) is 60.7 Å². The Morgan fingerprint density at radius 1 is 0.926 bits per heavy atom. The number of carbonyl (C=O) groups excluding carboxylic acids is 2. The average Bonchev–Trinajstić information content (AvgIpc) is 3.37. The quantitative estimate of drug-likeness (QED) is 0.825. The summed E-state index contributed by atoms with van der Waals surface area (Å²) in [5.41, 5.74) is 4.81. The lowest BCUT2D eigenvalue weighted by molar-refractivity contribution is -0.130. The van der Waals surface area contributed by atoms with Crippen molar-refractivity contribution < 1.29 is 9.59 Å². The van der Waals surface area contributed by atoms with Gasteiger partial charge in [0.2, 0.25) is 11.8 Å². The van der Waals surface area contributed by atoms with E-state index in [4.69, 9.17) is 0 Å². The van der Waals surface area contributed by atoms with Crippen LogP contribution in [0.25, 0.3) is 0 Å².